The van der Waals surface area contributed by atoms with E-state index in [1.54, 1.807) is 0 Å². The topological polar surface area (TPSA) is 32.5 Å². The van der Waals surface area contributed by atoms with Crippen LogP contribution in [0.15, 0.2) is 0 Å². The molecule has 0 aromatic rings. The van der Waals surface area contributed by atoms with Crippen LogP contribution in [0.25, 0.3) is 0 Å². The lowest BCUT2D eigenvalue weighted by molar-refractivity contribution is 0.139. The number of nitrogens with two attached hydrogens (primary N) is 1. The molecule has 0 saturated carbocycles. The maximum Gasteiger partial charge on any atom is 0.0109 e. The van der Waals surface area contributed by atoms with E-state index >= 15 is 0 Å². The van der Waals surface area contributed by atoms with E-state index < -0.39 is 0 Å². The van der Waals surface area contributed by atoms with Gasteiger partial charge in [0.25, 0.3) is 0 Å². The zero-order chi connectivity index (χ0) is 12.1. The van der Waals surface area contributed by atoms with Gasteiger partial charge in [-0.2, -0.15) is 0 Å². The molecule has 2 N–H and O–H groups in total. The van der Waals surface area contributed by atoms with E-state index in [0.29, 0.717) is 6.04 Å². The third kappa shape index (κ3) is 4.23. The average Bonchev–Trinajstić information content (AvgIpc) is 2.38. The highest BCUT2D eigenvalue weighted by molar-refractivity contribution is 4.78. The Labute approximate surface area is 106 Å². The lowest BCUT2D eigenvalue weighted by atomic mass is 9.91. The summed E-state index contributed by atoms with van der Waals surface area (Å²) >= 11 is 0. The van der Waals surface area contributed by atoms with Crippen molar-refractivity contribution in [2.24, 2.45) is 11.7 Å². The van der Waals surface area contributed by atoms with E-state index in [1.807, 2.05) is 0 Å². The van der Waals surface area contributed by atoms with Gasteiger partial charge < -0.3 is 15.5 Å². The minimum atomic E-state index is 0.388. The molecule has 2 aliphatic rings. The van der Waals surface area contributed by atoms with Crippen molar-refractivity contribution in [1.29, 1.82) is 0 Å². The van der Waals surface area contributed by atoms with Gasteiger partial charge in [-0.3, -0.25) is 0 Å². The summed E-state index contributed by atoms with van der Waals surface area (Å²) < 4.78 is 0. The Hall–Kier alpha value is -0.120. The standard InChI is InChI=1S/C14H29N3/c1-13(15)14-5-9-17(10-6-14)12-11-16-7-3-2-4-8-16/h13-14H,2-12,15H2,1H3. The van der Waals surface area contributed by atoms with E-state index in [-0.39, 0.29) is 0 Å². The van der Waals surface area contributed by atoms with Crippen molar-refractivity contribution in [2.45, 2.75) is 45.1 Å². The molecule has 1 atom stereocenters. The van der Waals surface area contributed by atoms with Crippen LogP contribution in [0.2, 0.25) is 0 Å². The molecule has 3 nitrogen and oxygen atoms in total. The van der Waals surface area contributed by atoms with Crippen LogP contribution >= 0.6 is 0 Å². The van der Waals surface area contributed by atoms with Crippen LogP contribution in [0.1, 0.15) is 39.0 Å². The molecule has 2 rings (SSSR count). The third-order valence-electron chi connectivity index (χ3n) is 4.56. The van der Waals surface area contributed by atoms with Crippen molar-refractivity contribution in [2.75, 3.05) is 39.3 Å². The Kier molecular flexibility index (Phi) is 5.26. The zero-order valence-electron chi connectivity index (χ0n) is 11.4. The Morgan fingerprint density at radius 2 is 1.47 bits per heavy atom. The Balaban J connectivity index is 1.61. The molecule has 1 unspecified atom stereocenters. The Bertz CT molecular complexity index is 204. The van der Waals surface area contributed by atoms with Gasteiger partial charge in [0.1, 0.15) is 0 Å². The van der Waals surface area contributed by atoms with E-state index in [4.69, 9.17) is 5.73 Å². The van der Waals surface area contributed by atoms with Crippen LogP contribution in [-0.2, 0) is 0 Å². The number of likely N-dealkylation sites (tertiary alicyclic amines) is 2. The van der Waals surface area contributed by atoms with Crippen molar-refractivity contribution < 1.29 is 0 Å². The minimum absolute atomic E-state index is 0.388. The Morgan fingerprint density at radius 1 is 0.941 bits per heavy atom. The maximum atomic E-state index is 5.98. The number of hydrogen-bond donors (Lipinski definition) is 1. The fourth-order valence-corrected chi connectivity index (χ4v) is 3.17. The summed E-state index contributed by atoms with van der Waals surface area (Å²) in [4.78, 5) is 5.27. The fraction of sp³-hybridized carbons (Fsp3) is 1.00. The molecule has 0 amide bonds. The van der Waals surface area contributed by atoms with Crippen LogP contribution in [-0.4, -0.2) is 55.1 Å². The molecule has 0 spiro atoms. The molecular formula is C14H29N3. The SMILES string of the molecule is CC(N)C1CCN(CCN2CCCCC2)CC1. The molecule has 0 aromatic carbocycles. The summed E-state index contributed by atoms with van der Waals surface area (Å²) in [5, 5.41) is 0. The summed E-state index contributed by atoms with van der Waals surface area (Å²) in [5.41, 5.74) is 5.98. The number of piperidine rings is 2. The van der Waals surface area contributed by atoms with Gasteiger partial charge in [0.2, 0.25) is 0 Å². The number of rotatable bonds is 4. The smallest absolute Gasteiger partial charge is 0.0109 e. The molecule has 2 heterocycles. The van der Waals surface area contributed by atoms with Gasteiger partial charge in [0, 0.05) is 19.1 Å². The molecule has 17 heavy (non-hydrogen) atoms. The highest BCUT2D eigenvalue weighted by atomic mass is 15.2. The molecule has 0 aromatic heterocycles. The zero-order valence-corrected chi connectivity index (χ0v) is 11.4. The van der Waals surface area contributed by atoms with Crippen LogP contribution in [0.4, 0.5) is 0 Å². The summed E-state index contributed by atoms with van der Waals surface area (Å²) in [7, 11) is 0. The van der Waals surface area contributed by atoms with E-state index in [2.05, 4.69) is 16.7 Å². The van der Waals surface area contributed by atoms with Gasteiger partial charge in [-0.05, 0) is 64.7 Å². The molecule has 0 aliphatic carbocycles. The van der Waals surface area contributed by atoms with E-state index in [1.165, 1.54) is 71.4 Å². The van der Waals surface area contributed by atoms with Crippen molar-refractivity contribution in [3.05, 3.63) is 0 Å². The fourth-order valence-electron chi connectivity index (χ4n) is 3.17. The van der Waals surface area contributed by atoms with Crippen molar-refractivity contribution >= 4 is 0 Å². The van der Waals surface area contributed by atoms with E-state index in [0.717, 1.165) is 5.92 Å². The third-order valence-corrected chi connectivity index (χ3v) is 4.56. The summed E-state index contributed by atoms with van der Waals surface area (Å²) in [5.74, 6) is 0.765. The first-order valence-electron chi connectivity index (χ1n) is 7.46. The number of hydrogen-bond acceptors (Lipinski definition) is 3. The second kappa shape index (κ2) is 6.72. The molecule has 0 radical (unpaired) electrons. The highest BCUT2D eigenvalue weighted by Gasteiger charge is 2.22. The molecule has 3 heteroatoms. The average molecular weight is 239 g/mol. The summed E-state index contributed by atoms with van der Waals surface area (Å²) in [6.45, 7) is 9.90. The first kappa shape index (κ1) is 13.3. The molecule has 100 valence electrons. The summed E-state index contributed by atoms with van der Waals surface area (Å²) in [6.07, 6.45) is 6.87. The van der Waals surface area contributed by atoms with Crippen molar-refractivity contribution in [1.82, 2.24) is 9.80 Å². The summed E-state index contributed by atoms with van der Waals surface area (Å²) in [6, 6.07) is 0.388. The lowest BCUT2D eigenvalue weighted by Gasteiger charge is -2.35. The van der Waals surface area contributed by atoms with Gasteiger partial charge in [0.15, 0.2) is 0 Å². The van der Waals surface area contributed by atoms with Crippen molar-refractivity contribution in [3.63, 3.8) is 0 Å². The highest BCUT2D eigenvalue weighted by Crippen LogP contribution is 2.19. The molecule has 2 aliphatic heterocycles. The maximum absolute atomic E-state index is 5.98. The van der Waals surface area contributed by atoms with Crippen LogP contribution in [0, 0.1) is 5.92 Å². The van der Waals surface area contributed by atoms with Gasteiger partial charge in [0.05, 0.1) is 0 Å². The van der Waals surface area contributed by atoms with E-state index in [9.17, 15) is 0 Å². The van der Waals surface area contributed by atoms with Gasteiger partial charge >= 0.3 is 0 Å². The lowest BCUT2D eigenvalue weighted by Crippen LogP contribution is -2.43. The first-order chi connectivity index (χ1) is 8.25. The van der Waals surface area contributed by atoms with Crippen molar-refractivity contribution in [3.8, 4) is 0 Å². The van der Waals surface area contributed by atoms with Crippen LogP contribution in [0.3, 0.4) is 0 Å². The number of nitrogens with zero attached hydrogens (tertiary/aromatic N) is 2. The molecule has 0 bridgehead atoms. The monoisotopic (exact) mass is 239 g/mol. The first-order valence-corrected chi connectivity index (χ1v) is 7.46. The Morgan fingerprint density at radius 3 is 2.00 bits per heavy atom. The minimum Gasteiger partial charge on any atom is -0.328 e. The predicted molar refractivity (Wildman–Crippen MR) is 73.1 cm³/mol. The second-order valence-electron chi connectivity index (χ2n) is 5.94. The van der Waals surface area contributed by atoms with Gasteiger partial charge in [-0.1, -0.05) is 6.42 Å². The van der Waals surface area contributed by atoms with Gasteiger partial charge in [-0.25, -0.2) is 0 Å². The molecule has 2 fully saturated rings. The second-order valence-corrected chi connectivity index (χ2v) is 5.94. The van der Waals surface area contributed by atoms with Crippen LogP contribution in [0.5, 0.6) is 0 Å². The quantitative estimate of drug-likeness (QED) is 0.807. The predicted octanol–water partition coefficient (Wildman–Crippen LogP) is 1.53. The van der Waals surface area contributed by atoms with Crippen LogP contribution < -0.4 is 5.73 Å². The molecule has 2 saturated heterocycles. The normalized spacial score (nSPS) is 27.2. The largest absolute Gasteiger partial charge is 0.328 e. The van der Waals surface area contributed by atoms with Gasteiger partial charge in [-0.15, -0.1) is 0 Å². The molecular weight excluding hydrogens is 210 g/mol.